The molecule has 64 valence electrons. The maximum absolute atomic E-state index is 11.3. The van der Waals surface area contributed by atoms with Crippen molar-refractivity contribution in [2.75, 3.05) is 7.11 Å². The molecule has 0 N–H and O–H groups in total. The van der Waals surface area contributed by atoms with E-state index in [-0.39, 0.29) is 11.9 Å². The third-order valence-corrected chi connectivity index (χ3v) is 2.20. The summed E-state index contributed by atoms with van der Waals surface area (Å²) in [4.78, 5) is 11.3. The van der Waals surface area contributed by atoms with Gasteiger partial charge < -0.3 is 4.74 Å². The zero-order valence-corrected chi connectivity index (χ0v) is 7.30. The Morgan fingerprint density at radius 3 is 2.64 bits per heavy atom. The molecule has 1 aliphatic rings. The van der Waals surface area contributed by atoms with Crippen LogP contribution in [-0.4, -0.2) is 19.0 Å². The van der Waals surface area contributed by atoms with E-state index in [0.717, 1.165) is 12.8 Å². The quantitative estimate of drug-likeness (QED) is 0.606. The van der Waals surface area contributed by atoms with Crippen LogP contribution in [0.15, 0.2) is 0 Å². The third-order valence-electron chi connectivity index (χ3n) is 2.20. The molecule has 1 unspecified atom stereocenters. The fourth-order valence-corrected chi connectivity index (χ4v) is 1.26. The molecule has 1 aliphatic carbocycles. The molecular formula is C9H16O2. The lowest BCUT2D eigenvalue weighted by Gasteiger charge is -2.10. The molecule has 1 fully saturated rings. The van der Waals surface area contributed by atoms with E-state index >= 15 is 0 Å². The lowest BCUT2D eigenvalue weighted by atomic mass is 10.1. The minimum Gasteiger partial charge on any atom is -0.374 e. The van der Waals surface area contributed by atoms with E-state index in [4.69, 9.17) is 4.74 Å². The lowest BCUT2D eigenvalue weighted by Crippen LogP contribution is -2.22. The van der Waals surface area contributed by atoms with Gasteiger partial charge in [0.05, 0.1) is 0 Å². The lowest BCUT2D eigenvalue weighted by molar-refractivity contribution is -0.129. The van der Waals surface area contributed by atoms with Gasteiger partial charge in [-0.05, 0) is 25.2 Å². The van der Waals surface area contributed by atoms with Gasteiger partial charge in [-0.25, -0.2) is 0 Å². The first-order valence-corrected chi connectivity index (χ1v) is 4.33. The Labute approximate surface area is 67.9 Å². The monoisotopic (exact) mass is 156 g/mol. The van der Waals surface area contributed by atoms with E-state index in [2.05, 4.69) is 0 Å². The molecule has 1 atom stereocenters. The van der Waals surface area contributed by atoms with Crippen LogP contribution in [0.2, 0.25) is 0 Å². The number of carbonyl (C=O) groups is 1. The van der Waals surface area contributed by atoms with Gasteiger partial charge in [0, 0.05) is 13.5 Å². The van der Waals surface area contributed by atoms with Crippen LogP contribution in [0.1, 0.15) is 32.6 Å². The molecule has 0 saturated heterocycles. The Hall–Kier alpha value is -0.370. The zero-order chi connectivity index (χ0) is 8.27. The van der Waals surface area contributed by atoms with Gasteiger partial charge in [0.2, 0.25) is 0 Å². The van der Waals surface area contributed by atoms with Crippen molar-refractivity contribution < 1.29 is 9.53 Å². The molecule has 1 rings (SSSR count). The maximum Gasteiger partial charge on any atom is 0.161 e. The average Bonchev–Trinajstić information content (AvgIpc) is 2.74. The largest absolute Gasteiger partial charge is 0.374 e. The van der Waals surface area contributed by atoms with Crippen molar-refractivity contribution in [2.45, 2.75) is 38.7 Å². The summed E-state index contributed by atoms with van der Waals surface area (Å²) in [6, 6.07) is 0. The predicted octanol–water partition coefficient (Wildman–Crippen LogP) is 1.78. The van der Waals surface area contributed by atoms with Crippen LogP contribution in [0.3, 0.4) is 0 Å². The van der Waals surface area contributed by atoms with Gasteiger partial charge in [-0.15, -0.1) is 0 Å². The molecule has 0 heterocycles. The second-order valence-electron chi connectivity index (χ2n) is 3.25. The molecule has 11 heavy (non-hydrogen) atoms. The first-order chi connectivity index (χ1) is 5.27. The molecule has 0 spiro atoms. The summed E-state index contributed by atoms with van der Waals surface area (Å²) in [5.41, 5.74) is 0. The summed E-state index contributed by atoms with van der Waals surface area (Å²) in [7, 11) is 1.61. The molecule has 2 nitrogen and oxygen atoms in total. The van der Waals surface area contributed by atoms with Gasteiger partial charge in [-0.1, -0.05) is 6.92 Å². The molecule has 0 radical (unpaired) electrons. The Kier molecular flexibility index (Phi) is 3.06. The number of ketones is 1. The highest BCUT2D eigenvalue weighted by Crippen LogP contribution is 2.33. The van der Waals surface area contributed by atoms with E-state index < -0.39 is 0 Å². The highest BCUT2D eigenvalue weighted by Gasteiger charge is 2.27. The highest BCUT2D eigenvalue weighted by atomic mass is 16.5. The van der Waals surface area contributed by atoms with Gasteiger partial charge in [0.1, 0.15) is 6.10 Å². The van der Waals surface area contributed by atoms with Crippen LogP contribution in [0.4, 0.5) is 0 Å². The highest BCUT2D eigenvalue weighted by molar-refractivity contribution is 5.83. The number of rotatable bonds is 5. The Morgan fingerprint density at radius 2 is 2.27 bits per heavy atom. The Morgan fingerprint density at radius 1 is 1.64 bits per heavy atom. The normalized spacial score (nSPS) is 19.8. The van der Waals surface area contributed by atoms with Gasteiger partial charge in [0.25, 0.3) is 0 Å². The number of Topliss-reactive ketones (excluding diaryl/α,β-unsaturated/α-hetero) is 1. The molecule has 0 aliphatic heterocycles. The van der Waals surface area contributed by atoms with Crippen LogP contribution < -0.4 is 0 Å². The Balaban J connectivity index is 2.24. The average molecular weight is 156 g/mol. The van der Waals surface area contributed by atoms with Crippen molar-refractivity contribution in [1.29, 1.82) is 0 Å². The third kappa shape index (κ3) is 2.62. The van der Waals surface area contributed by atoms with E-state index in [1.165, 1.54) is 12.8 Å². The number of hydrogen-bond acceptors (Lipinski definition) is 2. The maximum atomic E-state index is 11.3. The summed E-state index contributed by atoms with van der Waals surface area (Å²) in [6.07, 6.45) is 3.89. The first-order valence-electron chi connectivity index (χ1n) is 4.33. The predicted molar refractivity (Wildman–Crippen MR) is 43.4 cm³/mol. The fraction of sp³-hybridized carbons (Fsp3) is 0.889. The van der Waals surface area contributed by atoms with E-state index in [1.54, 1.807) is 7.11 Å². The van der Waals surface area contributed by atoms with E-state index in [1.807, 2.05) is 6.92 Å². The summed E-state index contributed by atoms with van der Waals surface area (Å²) in [6.45, 7) is 1.99. The van der Waals surface area contributed by atoms with Crippen LogP contribution in [0.25, 0.3) is 0 Å². The SMILES string of the molecule is CCC(OC)C(=O)CC1CC1. The van der Waals surface area contributed by atoms with Crippen molar-refractivity contribution in [3.05, 3.63) is 0 Å². The molecule has 2 heteroatoms. The van der Waals surface area contributed by atoms with Gasteiger partial charge >= 0.3 is 0 Å². The van der Waals surface area contributed by atoms with Crippen molar-refractivity contribution in [1.82, 2.24) is 0 Å². The summed E-state index contributed by atoms with van der Waals surface area (Å²) >= 11 is 0. The zero-order valence-electron chi connectivity index (χ0n) is 7.30. The number of hydrogen-bond donors (Lipinski definition) is 0. The fourth-order valence-electron chi connectivity index (χ4n) is 1.26. The van der Waals surface area contributed by atoms with Crippen LogP contribution in [0.5, 0.6) is 0 Å². The molecular weight excluding hydrogens is 140 g/mol. The second kappa shape index (κ2) is 3.86. The summed E-state index contributed by atoms with van der Waals surface area (Å²) in [5, 5.41) is 0. The van der Waals surface area contributed by atoms with Crippen LogP contribution in [0, 0.1) is 5.92 Å². The van der Waals surface area contributed by atoms with Gasteiger partial charge in [-0.3, -0.25) is 4.79 Å². The molecule has 0 aromatic rings. The topological polar surface area (TPSA) is 26.3 Å². The number of ether oxygens (including phenoxy) is 1. The van der Waals surface area contributed by atoms with Gasteiger partial charge in [-0.2, -0.15) is 0 Å². The van der Waals surface area contributed by atoms with Gasteiger partial charge in [0.15, 0.2) is 5.78 Å². The molecule has 1 saturated carbocycles. The smallest absolute Gasteiger partial charge is 0.161 e. The van der Waals surface area contributed by atoms with Crippen LogP contribution >= 0.6 is 0 Å². The summed E-state index contributed by atoms with van der Waals surface area (Å²) in [5.74, 6) is 0.976. The minimum atomic E-state index is -0.143. The van der Waals surface area contributed by atoms with Crippen molar-refractivity contribution in [3.8, 4) is 0 Å². The second-order valence-corrected chi connectivity index (χ2v) is 3.25. The molecule has 0 aromatic heterocycles. The van der Waals surface area contributed by atoms with Crippen molar-refractivity contribution in [3.63, 3.8) is 0 Å². The first kappa shape index (κ1) is 8.72. The van der Waals surface area contributed by atoms with Crippen molar-refractivity contribution in [2.24, 2.45) is 5.92 Å². The summed E-state index contributed by atoms with van der Waals surface area (Å²) < 4.78 is 5.04. The standard InChI is InChI=1S/C9H16O2/c1-3-9(11-2)8(10)6-7-4-5-7/h7,9H,3-6H2,1-2H3. The minimum absolute atomic E-state index is 0.143. The van der Waals surface area contributed by atoms with Crippen molar-refractivity contribution >= 4 is 5.78 Å². The molecule has 0 amide bonds. The molecule has 0 aromatic carbocycles. The Bertz CT molecular complexity index is 134. The van der Waals surface area contributed by atoms with Crippen LogP contribution in [-0.2, 0) is 9.53 Å². The number of methoxy groups -OCH3 is 1. The van der Waals surface area contributed by atoms with E-state index in [9.17, 15) is 4.79 Å². The number of carbonyl (C=O) groups excluding carboxylic acids is 1. The molecule has 0 bridgehead atoms. The van der Waals surface area contributed by atoms with E-state index in [0.29, 0.717) is 5.92 Å².